The van der Waals surface area contributed by atoms with Gasteiger partial charge in [0.05, 0.1) is 17.4 Å². The number of likely N-dealkylation sites (N-methyl/N-ethyl adjacent to an activating group) is 1. The molecular weight excluding hydrogens is 236 g/mol. The Balaban J connectivity index is 2.11. The van der Waals surface area contributed by atoms with Gasteiger partial charge in [-0.3, -0.25) is 0 Å². The minimum Gasteiger partial charge on any atom is -0.368 e. The Hall–Kier alpha value is -1.36. The van der Waals surface area contributed by atoms with Gasteiger partial charge < -0.3 is 15.1 Å². The second-order valence-electron chi connectivity index (χ2n) is 4.85. The highest BCUT2D eigenvalue weighted by atomic mass is 19.1. The minimum absolute atomic E-state index is 0.270. The van der Waals surface area contributed by atoms with Crippen molar-refractivity contribution in [3.63, 3.8) is 0 Å². The second-order valence-corrected chi connectivity index (χ2v) is 4.85. The van der Waals surface area contributed by atoms with Crippen LogP contribution >= 0.6 is 0 Å². The minimum atomic E-state index is -0.502. The molecule has 1 aromatic rings. The maximum absolute atomic E-state index is 14.1. The molecule has 0 aromatic heterocycles. The third-order valence-electron chi connectivity index (χ3n) is 3.80. The van der Waals surface area contributed by atoms with E-state index in [1.54, 1.807) is 0 Å². The van der Waals surface area contributed by atoms with Crippen LogP contribution in [0.5, 0.6) is 0 Å². The predicted octanol–water partition coefficient (Wildman–Crippen LogP) is 1.58. The number of piperazine rings is 1. The normalized spacial score (nSPS) is 22.7. The van der Waals surface area contributed by atoms with Crippen LogP contribution in [0, 0.1) is 11.6 Å². The second kappa shape index (κ2) is 4.39. The van der Waals surface area contributed by atoms with Gasteiger partial charge in [-0.15, -0.1) is 0 Å². The number of nitrogens with one attached hydrogen (secondary N) is 1. The van der Waals surface area contributed by atoms with Gasteiger partial charge in [-0.2, -0.15) is 0 Å². The Morgan fingerprint density at radius 1 is 1.39 bits per heavy atom. The predicted molar refractivity (Wildman–Crippen MR) is 68.2 cm³/mol. The molecule has 1 aromatic carbocycles. The largest absolute Gasteiger partial charge is 0.368 e. The van der Waals surface area contributed by atoms with Crippen molar-refractivity contribution in [3.8, 4) is 0 Å². The zero-order valence-electron chi connectivity index (χ0n) is 10.4. The molecule has 5 heteroatoms. The van der Waals surface area contributed by atoms with Gasteiger partial charge in [0, 0.05) is 38.8 Å². The van der Waals surface area contributed by atoms with Crippen LogP contribution in [-0.4, -0.2) is 38.8 Å². The molecule has 1 saturated heterocycles. The van der Waals surface area contributed by atoms with E-state index >= 15 is 0 Å². The summed E-state index contributed by atoms with van der Waals surface area (Å²) in [6.07, 6.45) is 0. The number of benzene rings is 1. The topological polar surface area (TPSA) is 18.5 Å². The molecule has 1 unspecified atom stereocenters. The average Bonchev–Trinajstić information content (AvgIpc) is 2.37. The van der Waals surface area contributed by atoms with Crippen LogP contribution in [0.3, 0.4) is 0 Å². The van der Waals surface area contributed by atoms with Crippen LogP contribution in [0.2, 0.25) is 0 Å². The zero-order valence-corrected chi connectivity index (χ0v) is 10.4. The third kappa shape index (κ3) is 1.73. The number of halogens is 2. The Morgan fingerprint density at radius 2 is 2.22 bits per heavy atom. The van der Waals surface area contributed by atoms with Crippen LogP contribution in [0.1, 0.15) is 6.92 Å². The number of fused-ring (bicyclic) bond motifs is 3. The van der Waals surface area contributed by atoms with Gasteiger partial charge in [-0.1, -0.05) is 0 Å². The van der Waals surface area contributed by atoms with Crippen molar-refractivity contribution in [1.82, 2.24) is 5.32 Å². The van der Waals surface area contributed by atoms with Gasteiger partial charge in [0.2, 0.25) is 0 Å². The Morgan fingerprint density at radius 3 is 3.00 bits per heavy atom. The molecule has 2 aliphatic rings. The molecule has 0 saturated carbocycles. The fourth-order valence-electron chi connectivity index (χ4n) is 2.95. The molecule has 3 rings (SSSR count). The monoisotopic (exact) mass is 253 g/mol. The van der Waals surface area contributed by atoms with E-state index in [1.165, 1.54) is 6.07 Å². The molecular formula is C13H17F2N3. The lowest BCUT2D eigenvalue weighted by molar-refractivity contribution is 0.449. The van der Waals surface area contributed by atoms with Crippen molar-refractivity contribution in [2.45, 2.75) is 13.0 Å². The summed E-state index contributed by atoms with van der Waals surface area (Å²) >= 11 is 0. The first-order valence-electron chi connectivity index (χ1n) is 6.42. The smallest absolute Gasteiger partial charge is 0.151 e. The van der Waals surface area contributed by atoms with Crippen molar-refractivity contribution >= 4 is 11.4 Å². The SMILES string of the molecule is CCN1CC2CNCCN2c2c(F)cc(F)cc21. The highest BCUT2D eigenvalue weighted by molar-refractivity contribution is 5.75. The van der Waals surface area contributed by atoms with Crippen LogP contribution in [0.25, 0.3) is 0 Å². The van der Waals surface area contributed by atoms with Gasteiger partial charge in [0.15, 0.2) is 5.82 Å². The van der Waals surface area contributed by atoms with Crippen LogP contribution < -0.4 is 15.1 Å². The first-order valence-corrected chi connectivity index (χ1v) is 6.42. The maximum atomic E-state index is 14.1. The molecule has 1 atom stereocenters. The Bertz CT molecular complexity index is 464. The van der Waals surface area contributed by atoms with Crippen molar-refractivity contribution < 1.29 is 8.78 Å². The molecule has 0 amide bonds. The standard InChI is InChI=1S/C13H17F2N3/c1-2-17-8-10-7-16-3-4-18(10)13-11(15)5-9(14)6-12(13)17/h5-6,10,16H,2-4,7-8H2,1H3. The molecule has 98 valence electrons. The highest BCUT2D eigenvalue weighted by Gasteiger charge is 2.34. The van der Waals surface area contributed by atoms with E-state index in [9.17, 15) is 8.78 Å². The molecule has 2 aliphatic heterocycles. The molecule has 0 spiro atoms. The molecule has 2 heterocycles. The number of hydrogen-bond donors (Lipinski definition) is 1. The number of hydrogen-bond acceptors (Lipinski definition) is 3. The third-order valence-corrected chi connectivity index (χ3v) is 3.80. The lowest BCUT2D eigenvalue weighted by atomic mass is 10.0. The van der Waals surface area contributed by atoms with Gasteiger partial charge in [0.25, 0.3) is 0 Å². The van der Waals surface area contributed by atoms with Crippen molar-refractivity contribution in [3.05, 3.63) is 23.8 Å². The molecule has 0 aliphatic carbocycles. The van der Waals surface area contributed by atoms with Crippen LogP contribution in [0.4, 0.5) is 20.2 Å². The fraction of sp³-hybridized carbons (Fsp3) is 0.538. The quantitative estimate of drug-likeness (QED) is 0.820. The summed E-state index contributed by atoms with van der Waals surface area (Å²) in [6.45, 7) is 6.07. The van der Waals surface area contributed by atoms with Gasteiger partial charge in [0.1, 0.15) is 5.82 Å². The van der Waals surface area contributed by atoms with E-state index in [2.05, 4.69) is 15.1 Å². The number of rotatable bonds is 1. The van der Waals surface area contributed by atoms with E-state index in [0.29, 0.717) is 11.4 Å². The van der Waals surface area contributed by atoms with E-state index in [0.717, 1.165) is 38.8 Å². The lowest BCUT2D eigenvalue weighted by Crippen LogP contribution is -2.59. The molecule has 3 nitrogen and oxygen atoms in total. The molecule has 0 bridgehead atoms. The lowest BCUT2D eigenvalue weighted by Gasteiger charge is -2.47. The summed E-state index contributed by atoms with van der Waals surface area (Å²) in [5, 5.41) is 3.33. The highest BCUT2D eigenvalue weighted by Crippen LogP contribution is 2.38. The molecule has 18 heavy (non-hydrogen) atoms. The van der Waals surface area contributed by atoms with E-state index in [4.69, 9.17) is 0 Å². The molecule has 0 radical (unpaired) electrons. The van der Waals surface area contributed by atoms with E-state index in [1.807, 2.05) is 6.92 Å². The fourth-order valence-corrected chi connectivity index (χ4v) is 2.95. The average molecular weight is 253 g/mol. The zero-order chi connectivity index (χ0) is 12.7. The van der Waals surface area contributed by atoms with Crippen molar-refractivity contribution in [2.75, 3.05) is 42.5 Å². The first-order chi connectivity index (χ1) is 8.70. The molecule has 1 fully saturated rings. The number of nitrogens with zero attached hydrogens (tertiary/aromatic N) is 2. The van der Waals surface area contributed by atoms with E-state index in [-0.39, 0.29) is 6.04 Å². The van der Waals surface area contributed by atoms with Crippen LogP contribution in [-0.2, 0) is 0 Å². The van der Waals surface area contributed by atoms with Crippen molar-refractivity contribution in [1.29, 1.82) is 0 Å². The first kappa shape index (κ1) is 11.7. The van der Waals surface area contributed by atoms with E-state index < -0.39 is 11.6 Å². The summed E-state index contributed by atoms with van der Waals surface area (Å²) < 4.78 is 27.5. The number of anilines is 2. The molecule has 1 N–H and O–H groups in total. The summed E-state index contributed by atoms with van der Waals surface area (Å²) in [5.74, 6) is -0.951. The maximum Gasteiger partial charge on any atom is 0.151 e. The summed E-state index contributed by atoms with van der Waals surface area (Å²) in [6, 6.07) is 2.70. The van der Waals surface area contributed by atoms with Gasteiger partial charge in [-0.25, -0.2) is 8.78 Å². The van der Waals surface area contributed by atoms with Crippen LogP contribution in [0.15, 0.2) is 12.1 Å². The summed E-state index contributed by atoms with van der Waals surface area (Å²) in [5.41, 5.74) is 1.25. The Kier molecular flexibility index (Phi) is 2.86. The van der Waals surface area contributed by atoms with Gasteiger partial charge >= 0.3 is 0 Å². The summed E-state index contributed by atoms with van der Waals surface area (Å²) in [7, 11) is 0. The summed E-state index contributed by atoms with van der Waals surface area (Å²) in [4.78, 5) is 4.13. The Labute approximate surface area is 105 Å². The van der Waals surface area contributed by atoms with Crippen molar-refractivity contribution in [2.24, 2.45) is 0 Å². The van der Waals surface area contributed by atoms with Gasteiger partial charge in [-0.05, 0) is 13.0 Å².